The number of amides is 1. The zero-order chi connectivity index (χ0) is 18.2. The van der Waals surface area contributed by atoms with Gasteiger partial charge in [-0.3, -0.25) is 4.79 Å². The molecule has 2 N–H and O–H groups in total. The lowest BCUT2D eigenvalue weighted by Gasteiger charge is -2.34. The van der Waals surface area contributed by atoms with E-state index in [0.29, 0.717) is 37.1 Å². The van der Waals surface area contributed by atoms with Crippen molar-refractivity contribution in [3.8, 4) is 0 Å². The molecule has 1 atom stereocenters. The Bertz CT molecular complexity index is 751. The lowest BCUT2D eigenvalue weighted by atomic mass is 10.2. The first-order chi connectivity index (χ1) is 11.8. The minimum absolute atomic E-state index is 0.0864. The number of carbonyl (C=O) groups is 1. The third-order valence-electron chi connectivity index (χ3n) is 5.26. The van der Waals surface area contributed by atoms with Crippen molar-refractivity contribution < 1.29 is 18.1 Å². The third kappa shape index (κ3) is 4.04. The summed E-state index contributed by atoms with van der Waals surface area (Å²) in [5, 5.41) is 3.04. The number of quaternary nitrogens is 1. The van der Waals surface area contributed by atoms with E-state index < -0.39 is 10.0 Å². The number of nitrogens with one attached hydrogen (secondary N) is 2. The number of piperazine rings is 1. The summed E-state index contributed by atoms with van der Waals surface area (Å²) in [6.45, 7) is 7.88. The van der Waals surface area contributed by atoms with Crippen molar-refractivity contribution >= 4 is 15.9 Å². The summed E-state index contributed by atoms with van der Waals surface area (Å²) in [4.78, 5) is 13.8. The van der Waals surface area contributed by atoms with Crippen molar-refractivity contribution in [2.45, 2.75) is 50.6 Å². The second-order valence-electron chi connectivity index (χ2n) is 7.34. The minimum atomic E-state index is -3.47. The highest BCUT2D eigenvalue weighted by molar-refractivity contribution is 7.89. The molecular formula is C18H28N3O3S+. The summed E-state index contributed by atoms with van der Waals surface area (Å²) in [7, 11) is -3.47. The molecule has 0 aromatic heterocycles. The Labute approximate surface area is 150 Å². The van der Waals surface area contributed by atoms with E-state index in [4.69, 9.17) is 0 Å². The number of sulfonamides is 1. The van der Waals surface area contributed by atoms with Crippen LogP contribution in [-0.4, -0.2) is 56.9 Å². The number of aryl methyl sites for hydroxylation is 2. The molecular weight excluding hydrogens is 338 g/mol. The van der Waals surface area contributed by atoms with Crippen molar-refractivity contribution in [2.24, 2.45) is 0 Å². The predicted octanol–water partition coefficient (Wildman–Crippen LogP) is -0.140. The highest BCUT2D eigenvalue weighted by Crippen LogP contribution is 2.21. The van der Waals surface area contributed by atoms with Gasteiger partial charge in [-0.2, -0.15) is 4.31 Å². The average molecular weight is 367 g/mol. The summed E-state index contributed by atoms with van der Waals surface area (Å²) in [6, 6.07) is 5.76. The molecule has 1 saturated carbocycles. The zero-order valence-corrected chi connectivity index (χ0v) is 16.0. The molecule has 2 fully saturated rings. The van der Waals surface area contributed by atoms with Gasteiger partial charge in [0.05, 0.1) is 31.1 Å². The van der Waals surface area contributed by atoms with Gasteiger partial charge in [-0.15, -0.1) is 0 Å². The summed E-state index contributed by atoms with van der Waals surface area (Å²) in [6.07, 6.45) is 2.16. The summed E-state index contributed by atoms with van der Waals surface area (Å²) in [5.41, 5.74) is 1.72. The SMILES string of the molecule is Cc1ccc(C)c(S(=O)(=O)N2CC[NH+]([C@H](C)C(=O)NC3CC3)CC2)c1. The number of nitrogens with zero attached hydrogens (tertiary/aromatic N) is 1. The first-order valence-electron chi connectivity index (χ1n) is 9.01. The zero-order valence-electron chi connectivity index (χ0n) is 15.2. The lowest BCUT2D eigenvalue weighted by Crippen LogP contribution is -3.19. The van der Waals surface area contributed by atoms with Gasteiger partial charge in [0, 0.05) is 6.04 Å². The highest BCUT2D eigenvalue weighted by atomic mass is 32.2. The van der Waals surface area contributed by atoms with Gasteiger partial charge in [0.15, 0.2) is 6.04 Å². The average Bonchev–Trinajstić information content (AvgIpc) is 3.40. The Kier molecular flexibility index (Phi) is 5.18. The molecule has 0 radical (unpaired) electrons. The van der Waals surface area contributed by atoms with Crippen LogP contribution in [0.3, 0.4) is 0 Å². The molecule has 1 heterocycles. The molecule has 0 spiro atoms. The molecule has 1 aromatic carbocycles. The molecule has 1 aliphatic heterocycles. The molecule has 25 heavy (non-hydrogen) atoms. The van der Waals surface area contributed by atoms with Crippen LogP contribution >= 0.6 is 0 Å². The van der Waals surface area contributed by atoms with E-state index in [-0.39, 0.29) is 11.9 Å². The Balaban J connectivity index is 1.64. The van der Waals surface area contributed by atoms with Gasteiger partial charge in [-0.05, 0) is 50.8 Å². The van der Waals surface area contributed by atoms with Crippen LogP contribution in [0.1, 0.15) is 30.9 Å². The molecule has 1 aliphatic carbocycles. The number of hydrogen-bond donors (Lipinski definition) is 2. The maximum absolute atomic E-state index is 13.0. The van der Waals surface area contributed by atoms with Gasteiger partial charge in [-0.25, -0.2) is 8.42 Å². The molecule has 1 aromatic rings. The minimum Gasteiger partial charge on any atom is -0.348 e. The molecule has 7 heteroatoms. The molecule has 0 bridgehead atoms. The first-order valence-corrected chi connectivity index (χ1v) is 10.5. The summed E-state index contributed by atoms with van der Waals surface area (Å²) >= 11 is 0. The van der Waals surface area contributed by atoms with E-state index in [2.05, 4.69) is 5.32 Å². The van der Waals surface area contributed by atoms with Crippen molar-refractivity contribution in [1.82, 2.24) is 9.62 Å². The molecule has 2 aliphatic rings. The molecule has 3 rings (SSSR count). The molecule has 0 unspecified atom stereocenters. The fourth-order valence-corrected chi connectivity index (χ4v) is 5.06. The van der Waals surface area contributed by atoms with Crippen LogP contribution in [-0.2, 0) is 14.8 Å². The van der Waals surface area contributed by atoms with Gasteiger partial charge in [0.1, 0.15) is 0 Å². The van der Waals surface area contributed by atoms with Crippen molar-refractivity contribution in [1.29, 1.82) is 0 Å². The van der Waals surface area contributed by atoms with E-state index in [1.54, 1.807) is 10.4 Å². The van der Waals surface area contributed by atoms with E-state index in [9.17, 15) is 13.2 Å². The maximum Gasteiger partial charge on any atom is 0.278 e. The van der Waals surface area contributed by atoms with E-state index in [0.717, 1.165) is 28.9 Å². The number of rotatable bonds is 5. The van der Waals surface area contributed by atoms with Crippen molar-refractivity contribution in [3.05, 3.63) is 29.3 Å². The third-order valence-corrected chi connectivity index (χ3v) is 7.30. The lowest BCUT2D eigenvalue weighted by molar-refractivity contribution is -0.917. The van der Waals surface area contributed by atoms with Crippen LogP contribution in [0.25, 0.3) is 0 Å². The summed E-state index contributed by atoms with van der Waals surface area (Å²) < 4.78 is 27.5. The normalized spacial score (nSPS) is 21.1. The Hall–Kier alpha value is -1.44. The van der Waals surface area contributed by atoms with Gasteiger partial charge in [-0.1, -0.05) is 12.1 Å². The van der Waals surface area contributed by atoms with Crippen LogP contribution in [0.5, 0.6) is 0 Å². The number of carbonyl (C=O) groups excluding carboxylic acids is 1. The molecule has 138 valence electrons. The highest BCUT2D eigenvalue weighted by Gasteiger charge is 2.36. The first kappa shape index (κ1) is 18.4. The van der Waals surface area contributed by atoms with Gasteiger partial charge < -0.3 is 10.2 Å². The molecule has 1 saturated heterocycles. The van der Waals surface area contributed by atoms with Crippen LogP contribution in [0, 0.1) is 13.8 Å². The smallest absolute Gasteiger partial charge is 0.278 e. The van der Waals surface area contributed by atoms with Crippen LogP contribution in [0.4, 0.5) is 0 Å². The predicted molar refractivity (Wildman–Crippen MR) is 96.0 cm³/mol. The monoisotopic (exact) mass is 366 g/mol. The Morgan fingerprint density at radius 3 is 2.48 bits per heavy atom. The number of benzene rings is 1. The fourth-order valence-electron chi connectivity index (χ4n) is 3.31. The van der Waals surface area contributed by atoms with Gasteiger partial charge in [0.25, 0.3) is 5.91 Å². The second kappa shape index (κ2) is 7.05. The Morgan fingerprint density at radius 1 is 1.24 bits per heavy atom. The Morgan fingerprint density at radius 2 is 1.88 bits per heavy atom. The van der Waals surface area contributed by atoms with Gasteiger partial charge in [0.2, 0.25) is 10.0 Å². The van der Waals surface area contributed by atoms with Crippen LogP contribution < -0.4 is 10.2 Å². The molecule has 6 nitrogen and oxygen atoms in total. The quantitative estimate of drug-likeness (QED) is 0.762. The number of hydrogen-bond acceptors (Lipinski definition) is 3. The van der Waals surface area contributed by atoms with E-state index in [1.165, 1.54) is 0 Å². The topological polar surface area (TPSA) is 70.9 Å². The van der Waals surface area contributed by atoms with E-state index >= 15 is 0 Å². The standard InChI is InChI=1S/C18H27N3O3S/c1-13-4-5-14(2)17(12-13)25(23,24)21-10-8-20(9-11-21)15(3)18(22)19-16-6-7-16/h4-5,12,15-16H,6-11H2,1-3H3,(H,19,22)/p+1/t15-/m1/s1. The fraction of sp³-hybridized carbons (Fsp3) is 0.611. The van der Waals surface area contributed by atoms with E-state index in [1.807, 2.05) is 32.9 Å². The summed E-state index contributed by atoms with van der Waals surface area (Å²) in [5.74, 6) is 0.0864. The van der Waals surface area contributed by atoms with Gasteiger partial charge >= 0.3 is 0 Å². The maximum atomic E-state index is 13.0. The van der Waals surface area contributed by atoms with Crippen LogP contribution in [0.2, 0.25) is 0 Å². The van der Waals surface area contributed by atoms with Crippen molar-refractivity contribution in [3.63, 3.8) is 0 Å². The molecule has 1 amide bonds. The largest absolute Gasteiger partial charge is 0.348 e. The van der Waals surface area contributed by atoms with Crippen molar-refractivity contribution in [2.75, 3.05) is 26.2 Å². The second-order valence-corrected chi connectivity index (χ2v) is 9.24. The van der Waals surface area contributed by atoms with Crippen LogP contribution in [0.15, 0.2) is 23.1 Å².